The predicted molar refractivity (Wildman–Crippen MR) is 89.7 cm³/mol. The highest BCUT2D eigenvalue weighted by atomic mass is 16.5. The van der Waals surface area contributed by atoms with E-state index in [9.17, 15) is 9.59 Å². The first kappa shape index (κ1) is 16.5. The number of nitrogens with zero attached hydrogens (tertiary/aromatic N) is 3. The number of likely N-dealkylation sites (tertiary alicyclic amines) is 1. The van der Waals surface area contributed by atoms with Crippen LogP contribution in [-0.4, -0.2) is 46.0 Å². The Bertz CT molecular complexity index is 634. The van der Waals surface area contributed by atoms with Gasteiger partial charge in [0.05, 0.1) is 12.3 Å². The first-order chi connectivity index (χ1) is 12.2. The van der Waals surface area contributed by atoms with Gasteiger partial charge in [0.25, 0.3) is 0 Å². The van der Waals surface area contributed by atoms with Gasteiger partial charge in [-0.3, -0.25) is 9.59 Å². The highest BCUT2D eigenvalue weighted by molar-refractivity contribution is 5.79. The Kier molecular flexibility index (Phi) is 4.72. The van der Waals surface area contributed by atoms with E-state index in [2.05, 4.69) is 15.5 Å². The van der Waals surface area contributed by atoms with Crippen molar-refractivity contribution in [3.8, 4) is 0 Å². The summed E-state index contributed by atoms with van der Waals surface area (Å²) in [6.07, 6.45) is 8.79. The van der Waals surface area contributed by atoms with Crippen molar-refractivity contribution in [2.45, 2.75) is 69.7 Å². The van der Waals surface area contributed by atoms with Gasteiger partial charge < -0.3 is 14.7 Å². The molecule has 136 valence electrons. The minimum atomic E-state index is -0.0443. The first-order valence-electron chi connectivity index (χ1n) is 9.57. The van der Waals surface area contributed by atoms with Crippen LogP contribution >= 0.6 is 0 Å². The van der Waals surface area contributed by atoms with E-state index in [0.717, 1.165) is 19.4 Å². The molecule has 1 saturated heterocycles. The molecule has 0 bridgehead atoms. The van der Waals surface area contributed by atoms with Crippen LogP contribution in [0, 0.1) is 5.92 Å². The minimum Gasteiger partial charge on any atom is -0.353 e. The summed E-state index contributed by atoms with van der Waals surface area (Å²) in [5.41, 5.74) is 0. The highest BCUT2D eigenvalue weighted by Crippen LogP contribution is 2.34. The molecular weight excluding hydrogens is 320 g/mol. The molecule has 0 unspecified atom stereocenters. The Morgan fingerprint density at radius 3 is 2.76 bits per heavy atom. The maximum Gasteiger partial charge on any atom is 0.232 e. The molecule has 1 aromatic rings. The molecule has 1 N–H and O–H groups in total. The lowest BCUT2D eigenvalue weighted by Crippen LogP contribution is -2.37. The second kappa shape index (κ2) is 7.14. The number of rotatable bonds is 6. The minimum absolute atomic E-state index is 0.0334. The zero-order chi connectivity index (χ0) is 17.2. The molecule has 0 aromatic carbocycles. The van der Waals surface area contributed by atoms with E-state index in [1.807, 2.05) is 4.90 Å². The molecule has 4 rings (SSSR count). The quantitative estimate of drug-likeness (QED) is 0.848. The van der Waals surface area contributed by atoms with Gasteiger partial charge in [0.15, 0.2) is 5.82 Å². The third kappa shape index (κ3) is 4.19. The van der Waals surface area contributed by atoms with E-state index >= 15 is 0 Å². The molecule has 25 heavy (non-hydrogen) atoms. The van der Waals surface area contributed by atoms with Gasteiger partial charge in [0.2, 0.25) is 17.7 Å². The molecule has 7 heteroatoms. The Labute approximate surface area is 147 Å². The van der Waals surface area contributed by atoms with E-state index in [1.165, 1.54) is 32.1 Å². The maximum absolute atomic E-state index is 12.1. The SMILES string of the molecule is O=C(Cc1noc([C@@H]2CC(=O)N(CC3CC3)C2)n1)NC1CCCCC1. The molecule has 0 radical (unpaired) electrons. The third-order valence-electron chi connectivity index (χ3n) is 5.51. The van der Waals surface area contributed by atoms with Crippen LogP contribution in [0.4, 0.5) is 0 Å². The highest BCUT2D eigenvalue weighted by Gasteiger charge is 2.37. The van der Waals surface area contributed by atoms with Crippen molar-refractivity contribution in [2.75, 3.05) is 13.1 Å². The Hall–Kier alpha value is -1.92. The van der Waals surface area contributed by atoms with Crippen LogP contribution < -0.4 is 5.32 Å². The fourth-order valence-corrected chi connectivity index (χ4v) is 3.90. The van der Waals surface area contributed by atoms with E-state index in [0.29, 0.717) is 30.6 Å². The van der Waals surface area contributed by atoms with Gasteiger partial charge in [-0.15, -0.1) is 0 Å². The van der Waals surface area contributed by atoms with Gasteiger partial charge >= 0.3 is 0 Å². The Balaban J connectivity index is 1.29. The molecule has 0 spiro atoms. The van der Waals surface area contributed by atoms with Crippen molar-refractivity contribution < 1.29 is 14.1 Å². The summed E-state index contributed by atoms with van der Waals surface area (Å²) in [6.45, 7) is 1.52. The van der Waals surface area contributed by atoms with Crippen LogP contribution in [0.2, 0.25) is 0 Å². The molecule has 1 atom stereocenters. The predicted octanol–water partition coefficient (Wildman–Crippen LogP) is 1.79. The van der Waals surface area contributed by atoms with Crippen LogP contribution in [0.5, 0.6) is 0 Å². The summed E-state index contributed by atoms with van der Waals surface area (Å²) in [4.78, 5) is 30.5. The summed E-state index contributed by atoms with van der Waals surface area (Å²) in [7, 11) is 0. The number of nitrogens with one attached hydrogen (secondary N) is 1. The van der Waals surface area contributed by atoms with E-state index in [-0.39, 0.29) is 30.2 Å². The van der Waals surface area contributed by atoms with Crippen molar-refractivity contribution >= 4 is 11.8 Å². The molecule has 2 heterocycles. The van der Waals surface area contributed by atoms with Gasteiger partial charge in [-0.2, -0.15) is 4.98 Å². The Morgan fingerprint density at radius 1 is 1.20 bits per heavy atom. The standard InChI is InChI=1S/C18H26N4O3/c23-16(19-14-4-2-1-3-5-14)9-15-20-18(25-21-15)13-8-17(24)22(11-13)10-12-6-7-12/h12-14H,1-11H2,(H,19,23)/t13-/m1/s1. The zero-order valence-corrected chi connectivity index (χ0v) is 14.6. The second-order valence-electron chi connectivity index (χ2n) is 7.77. The number of carbonyl (C=O) groups is 2. The fraction of sp³-hybridized carbons (Fsp3) is 0.778. The number of hydrogen-bond acceptors (Lipinski definition) is 5. The average molecular weight is 346 g/mol. The number of hydrogen-bond donors (Lipinski definition) is 1. The fourth-order valence-electron chi connectivity index (χ4n) is 3.90. The number of carbonyl (C=O) groups excluding carboxylic acids is 2. The van der Waals surface area contributed by atoms with E-state index < -0.39 is 0 Å². The van der Waals surface area contributed by atoms with Gasteiger partial charge in [-0.25, -0.2) is 0 Å². The van der Waals surface area contributed by atoms with Crippen molar-refractivity contribution in [1.29, 1.82) is 0 Å². The zero-order valence-electron chi connectivity index (χ0n) is 14.6. The molecule has 7 nitrogen and oxygen atoms in total. The smallest absolute Gasteiger partial charge is 0.232 e. The summed E-state index contributed by atoms with van der Waals surface area (Å²) in [6, 6.07) is 0.288. The first-order valence-corrected chi connectivity index (χ1v) is 9.57. The third-order valence-corrected chi connectivity index (χ3v) is 5.51. The summed E-state index contributed by atoms with van der Waals surface area (Å²) >= 11 is 0. The van der Waals surface area contributed by atoms with Gasteiger partial charge in [-0.05, 0) is 31.6 Å². The van der Waals surface area contributed by atoms with E-state index in [4.69, 9.17) is 4.52 Å². The van der Waals surface area contributed by atoms with Crippen LogP contribution in [0.25, 0.3) is 0 Å². The van der Waals surface area contributed by atoms with Crippen LogP contribution in [0.3, 0.4) is 0 Å². The molecular formula is C18H26N4O3. The van der Waals surface area contributed by atoms with Crippen molar-refractivity contribution in [1.82, 2.24) is 20.4 Å². The topological polar surface area (TPSA) is 88.3 Å². The molecule has 2 saturated carbocycles. The lowest BCUT2D eigenvalue weighted by atomic mass is 9.95. The lowest BCUT2D eigenvalue weighted by Gasteiger charge is -2.22. The molecule has 1 aliphatic heterocycles. The van der Waals surface area contributed by atoms with E-state index in [1.54, 1.807) is 0 Å². The summed E-state index contributed by atoms with van der Waals surface area (Å²) in [5.74, 6) is 1.69. The average Bonchev–Trinajstić information content (AvgIpc) is 3.17. The molecule has 1 aromatic heterocycles. The largest absolute Gasteiger partial charge is 0.353 e. The summed E-state index contributed by atoms with van der Waals surface area (Å²) < 4.78 is 5.34. The van der Waals surface area contributed by atoms with Gasteiger partial charge in [0, 0.05) is 25.6 Å². The van der Waals surface area contributed by atoms with Gasteiger partial charge in [0.1, 0.15) is 0 Å². The molecule has 3 fully saturated rings. The normalized spacial score (nSPS) is 24.7. The molecule has 3 aliphatic rings. The maximum atomic E-state index is 12.1. The second-order valence-corrected chi connectivity index (χ2v) is 7.77. The molecule has 2 amide bonds. The monoisotopic (exact) mass is 346 g/mol. The van der Waals surface area contributed by atoms with Gasteiger partial charge in [-0.1, -0.05) is 24.4 Å². The number of amides is 2. The Morgan fingerprint density at radius 2 is 2.00 bits per heavy atom. The van der Waals surface area contributed by atoms with Crippen molar-refractivity contribution in [3.05, 3.63) is 11.7 Å². The van der Waals surface area contributed by atoms with Crippen molar-refractivity contribution in [3.63, 3.8) is 0 Å². The van der Waals surface area contributed by atoms with Crippen LogP contribution in [0.1, 0.15) is 69.0 Å². The van der Waals surface area contributed by atoms with Crippen LogP contribution in [0.15, 0.2) is 4.52 Å². The number of aromatic nitrogens is 2. The van der Waals surface area contributed by atoms with Crippen LogP contribution in [-0.2, 0) is 16.0 Å². The molecule has 2 aliphatic carbocycles. The lowest BCUT2D eigenvalue weighted by molar-refractivity contribution is -0.128. The summed E-state index contributed by atoms with van der Waals surface area (Å²) in [5, 5.41) is 7.01. The van der Waals surface area contributed by atoms with Crippen molar-refractivity contribution in [2.24, 2.45) is 5.92 Å².